The first-order valence-electron chi connectivity index (χ1n) is 8.27. The maximum absolute atomic E-state index is 11.6. The molecule has 3 heteroatoms. The monoisotopic (exact) mass is 301 g/mol. The molecule has 1 aliphatic rings. The molecular formula is C19H27NO2. The number of carbonyl (C=O) groups excluding carboxylic acids is 1. The molecule has 0 aromatic heterocycles. The molecule has 0 saturated carbocycles. The smallest absolute Gasteiger partial charge is 0.338 e. The molecule has 0 unspecified atom stereocenters. The summed E-state index contributed by atoms with van der Waals surface area (Å²) in [6.45, 7) is 10.3. The summed E-state index contributed by atoms with van der Waals surface area (Å²) in [6.07, 6.45) is 4.56. The number of benzene rings is 1. The predicted molar refractivity (Wildman–Crippen MR) is 90.9 cm³/mol. The van der Waals surface area contributed by atoms with Crippen LogP contribution in [0.3, 0.4) is 0 Å². The Labute approximate surface area is 134 Å². The Morgan fingerprint density at radius 3 is 2.41 bits per heavy atom. The summed E-state index contributed by atoms with van der Waals surface area (Å²) in [7, 11) is 0. The summed E-state index contributed by atoms with van der Waals surface area (Å²) >= 11 is 0. The highest BCUT2D eigenvalue weighted by Crippen LogP contribution is 2.20. The van der Waals surface area contributed by atoms with Gasteiger partial charge in [0, 0.05) is 19.6 Å². The molecule has 3 nitrogen and oxygen atoms in total. The largest absolute Gasteiger partial charge is 0.462 e. The topological polar surface area (TPSA) is 29.5 Å². The third kappa shape index (κ3) is 4.99. The van der Waals surface area contributed by atoms with Gasteiger partial charge in [-0.3, -0.25) is 0 Å². The van der Waals surface area contributed by atoms with Gasteiger partial charge in [-0.1, -0.05) is 37.6 Å². The highest BCUT2D eigenvalue weighted by atomic mass is 16.5. The lowest BCUT2D eigenvalue weighted by Crippen LogP contribution is -2.33. The number of esters is 1. The first kappa shape index (κ1) is 16.8. The van der Waals surface area contributed by atoms with Crippen LogP contribution in [0.1, 0.15) is 49.5 Å². The molecule has 2 rings (SSSR count). The fourth-order valence-electron chi connectivity index (χ4n) is 2.85. The zero-order valence-electron chi connectivity index (χ0n) is 14.0. The van der Waals surface area contributed by atoms with Crippen LogP contribution in [0.2, 0.25) is 0 Å². The van der Waals surface area contributed by atoms with E-state index in [4.69, 9.17) is 4.74 Å². The van der Waals surface area contributed by atoms with Gasteiger partial charge < -0.3 is 9.64 Å². The number of rotatable bonds is 5. The molecule has 0 radical (unpaired) electrons. The molecule has 0 aliphatic carbocycles. The Morgan fingerprint density at radius 2 is 1.86 bits per heavy atom. The normalized spacial score (nSPS) is 15.9. The number of hydrogen-bond acceptors (Lipinski definition) is 3. The Morgan fingerprint density at radius 1 is 1.23 bits per heavy atom. The van der Waals surface area contributed by atoms with Crippen molar-refractivity contribution in [1.29, 1.82) is 0 Å². The van der Waals surface area contributed by atoms with Crippen molar-refractivity contribution in [2.45, 2.75) is 33.6 Å². The van der Waals surface area contributed by atoms with Crippen molar-refractivity contribution in [2.24, 2.45) is 5.92 Å². The average Bonchev–Trinajstić information content (AvgIpc) is 2.50. The van der Waals surface area contributed by atoms with Crippen molar-refractivity contribution in [3.63, 3.8) is 0 Å². The molecular weight excluding hydrogens is 274 g/mol. The maximum Gasteiger partial charge on any atom is 0.338 e. The van der Waals surface area contributed by atoms with Crippen molar-refractivity contribution in [1.82, 2.24) is 4.90 Å². The minimum atomic E-state index is -0.247. The number of carbonyl (C=O) groups is 1. The Balaban J connectivity index is 1.92. The van der Waals surface area contributed by atoms with Crippen LogP contribution in [-0.4, -0.2) is 37.1 Å². The van der Waals surface area contributed by atoms with Crippen LogP contribution in [-0.2, 0) is 4.74 Å². The van der Waals surface area contributed by atoms with Gasteiger partial charge in [-0.25, -0.2) is 4.79 Å². The van der Waals surface area contributed by atoms with Gasteiger partial charge in [-0.15, -0.1) is 0 Å². The van der Waals surface area contributed by atoms with Gasteiger partial charge in [-0.05, 0) is 43.4 Å². The molecule has 0 bridgehead atoms. The van der Waals surface area contributed by atoms with Crippen LogP contribution >= 0.6 is 0 Å². The van der Waals surface area contributed by atoms with E-state index in [1.807, 2.05) is 31.2 Å². The quantitative estimate of drug-likeness (QED) is 0.770. The first-order chi connectivity index (χ1) is 10.6. The molecule has 0 amide bonds. The van der Waals surface area contributed by atoms with Crippen molar-refractivity contribution < 1.29 is 9.53 Å². The van der Waals surface area contributed by atoms with Crippen LogP contribution in [0, 0.1) is 5.92 Å². The second-order valence-corrected chi connectivity index (χ2v) is 6.34. The lowest BCUT2D eigenvalue weighted by Gasteiger charge is -2.29. The van der Waals surface area contributed by atoms with E-state index in [9.17, 15) is 4.79 Å². The SMILES string of the molecule is CCOC(=O)c1ccc(C=C2CCN(CC(C)C)CC2)cc1. The first-order valence-corrected chi connectivity index (χ1v) is 8.27. The number of likely N-dealkylation sites (tertiary alicyclic amines) is 1. The molecule has 1 saturated heterocycles. The molecule has 1 aliphatic heterocycles. The second-order valence-electron chi connectivity index (χ2n) is 6.34. The van der Waals surface area contributed by atoms with Crippen LogP contribution < -0.4 is 0 Å². The fraction of sp³-hybridized carbons (Fsp3) is 0.526. The zero-order valence-corrected chi connectivity index (χ0v) is 14.0. The second kappa shape index (κ2) is 8.14. The van der Waals surface area contributed by atoms with Gasteiger partial charge in [-0.2, -0.15) is 0 Å². The number of piperidine rings is 1. The van der Waals surface area contributed by atoms with Gasteiger partial charge in [0.05, 0.1) is 12.2 Å². The molecule has 1 fully saturated rings. The highest BCUT2D eigenvalue weighted by Gasteiger charge is 2.14. The minimum Gasteiger partial charge on any atom is -0.462 e. The third-order valence-electron chi connectivity index (χ3n) is 3.91. The van der Waals surface area contributed by atoms with E-state index in [0.717, 1.165) is 31.8 Å². The van der Waals surface area contributed by atoms with E-state index in [2.05, 4.69) is 24.8 Å². The molecule has 0 N–H and O–H groups in total. The van der Waals surface area contributed by atoms with E-state index < -0.39 is 0 Å². The summed E-state index contributed by atoms with van der Waals surface area (Å²) in [6, 6.07) is 7.69. The number of ether oxygens (including phenoxy) is 1. The fourth-order valence-corrected chi connectivity index (χ4v) is 2.85. The van der Waals surface area contributed by atoms with Crippen molar-refractivity contribution in [3.05, 3.63) is 41.0 Å². The standard InChI is InChI=1S/C19H27NO2/c1-4-22-19(21)18-7-5-16(6-8-18)13-17-9-11-20(12-10-17)14-15(2)3/h5-8,13,15H,4,9-12,14H2,1-3H3. The van der Waals surface area contributed by atoms with E-state index in [-0.39, 0.29) is 5.97 Å². The van der Waals surface area contributed by atoms with Gasteiger partial charge in [0.25, 0.3) is 0 Å². The molecule has 1 aromatic rings. The van der Waals surface area contributed by atoms with Gasteiger partial charge in [0.15, 0.2) is 0 Å². The maximum atomic E-state index is 11.6. The van der Waals surface area contributed by atoms with Crippen LogP contribution in [0.5, 0.6) is 0 Å². The lowest BCUT2D eigenvalue weighted by atomic mass is 9.99. The Kier molecular flexibility index (Phi) is 6.20. The summed E-state index contributed by atoms with van der Waals surface area (Å²) in [5.74, 6) is 0.490. The lowest BCUT2D eigenvalue weighted by molar-refractivity contribution is 0.0526. The van der Waals surface area contributed by atoms with Gasteiger partial charge >= 0.3 is 5.97 Å². The molecule has 22 heavy (non-hydrogen) atoms. The summed E-state index contributed by atoms with van der Waals surface area (Å²) in [4.78, 5) is 14.2. The molecule has 1 aromatic carbocycles. The van der Waals surface area contributed by atoms with E-state index in [1.54, 1.807) is 0 Å². The van der Waals surface area contributed by atoms with Crippen LogP contribution in [0.4, 0.5) is 0 Å². The van der Waals surface area contributed by atoms with Gasteiger partial charge in [0.2, 0.25) is 0 Å². The summed E-state index contributed by atoms with van der Waals surface area (Å²) in [5, 5.41) is 0. The summed E-state index contributed by atoms with van der Waals surface area (Å²) in [5.41, 5.74) is 3.29. The minimum absolute atomic E-state index is 0.247. The molecule has 0 spiro atoms. The van der Waals surface area contributed by atoms with Crippen molar-refractivity contribution in [2.75, 3.05) is 26.2 Å². The Hall–Kier alpha value is -1.61. The third-order valence-corrected chi connectivity index (χ3v) is 3.91. The number of hydrogen-bond donors (Lipinski definition) is 0. The highest BCUT2D eigenvalue weighted by molar-refractivity contribution is 5.89. The van der Waals surface area contributed by atoms with Crippen molar-refractivity contribution >= 4 is 12.0 Å². The van der Waals surface area contributed by atoms with Gasteiger partial charge in [0.1, 0.15) is 0 Å². The zero-order chi connectivity index (χ0) is 15.9. The molecule has 120 valence electrons. The average molecular weight is 301 g/mol. The van der Waals surface area contributed by atoms with E-state index >= 15 is 0 Å². The Bertz CT molecular complexity index is 507. The number of nitrogens with zero attached hydrogens (tertiary/aromatic N) is 1. The predicted octanol–water partition coefficient (Wildman–Crippen LogP) is 4.00. The van der Waals surface area contributed by atoms with Crippen LogP contribution in [0.15, 0.2) is 29.8 Å². The van der Waals surface area contributed by atoms with E-state index in [1.165, 1.54) is 17.7 Å². The van der Waals surface area contributed by atoms with Crippen molar-refractivity contribution in [3.8, 4) is 0 Å². The molecule has 0 atom stereocenters. The molecule has 1 heterocycles. The van der Waals surface area contributed by atoms with E-state index in [0.29, 0.717) is 12.2 Å². The van der Waals surface area contributed by atoms with Crippen LogP contribution in [0.25, 0.3) is 6.08 Å². The summed E-state index contributed by atoms with van der Waals surface area (Å²) < 4.78 is 5.00.